The van der Waals surface area contributed by atoms with E-state index in [2.05, 4.69) is 15.3 Å². The first-order valence-corrected chi connectivity index (χ1v) is 16.9. The van der Waals surface area contributed by atoms with Crippen LogP contribution in [0.25, 0.3) is 11.4 Å². The zero-order chi connectivity index (χ0) is 33.8. The maximum atomic E-state index is 6.93. The molecule has 0 unspecified atom stereocenters. The lowest BCUT2D eigenvalue weighted by molar-refractivity contribution is -0.292. The first kappa shape index (κ1) is 33.5. The predicted octanol–water partition coefficient (Wildman–Crippen LogP) is 7.21. The first-order valence-electron chi connectivity index (χ1n) is 16.9. The molecule has 0 aliphatic carbocycles. The minimum Gasteiger partial charge on any atom is -0.374 e. The molecule has 0 bridgehead atoms. The maximum Gasteiger partial charge on any atom is 0.181 e. The SMILES string of the molecule is c1ccc(COC[C@H]2O[C@@H](n3cc(-c4ccccn4)nn3)[C@H](OCc3ccccc3)[C@@H](OCc3ccccc3)[C@H]2OCc2ccccc2)cc1. The lowest BCUT2D eigenvalue weighted by Gasteiger charge is -2.46. The smallest absolute Gasteiger partial charge is 0.181 e. The first-order chi connectivity index (χ1) is 24.8. The highest BCUT2D eigenvalue weighted by molar-refractivity contribution is 5.51. The second kappa shape index (κ2) is 17.1. The van der Waals surface area contributed by atoms with Crippen LogP contribution in [0, 0.1) is 0 Å². The molecule has 9 nitrogen and oxygen atoms in total. The van der Waals surface area contributed by atoms with Crippen LogP contribution >= 0.6 is 0 Å². The van der Waals surface area contributed by atoms with Crippen molar-refractivity contribution >= 4 is 0 Å². The van der Waals surface area contributed by atoms with Gasteiger partial charge in [-0.2, -0.15) is 0 Å². The molecule has 1 aliphatic heterocycles. The van der Waals surface area contributed by atoms with Crippen molar-refractivity contribution in [3.05, 3.63) is 174 Å². The van der Waals surface area contributed by atoms with E-state index in [1.165, 1.54) is 0 Å². The molecule has 0 radical (unpaired) electrons. The van der Waals surface area contributed by atoms with Crippen molar-refractivity contribution in [1.29, 1.82) is 0 Å². The molecule has 50 heavy (non-hydrogen) atoms. The topological polar surface area (TPSA) is 89.8 Å². The number of pyridine rings is 1. The van der Waals surface area contributed by atoms with Crippen LogP contribution in [-0.4, -0.2) is 51.0 Å². The molecule has 3 heterocycles. The minimum atomic E-state index is -0.716. The molecule has 7 rings (SSSR count). The van der Waals surface area contributed by atoms with Crippen LogP contribution < -0.4 is 0 Å². The maximum absolute atomic E-state index is 6.93. The number of nitrogens with zero attached hydrogens (tertiary/aromatic N) is 4. The Labute approximate surface area is 292 Å². The van der Waals surface area contributed by atoms with Crippen LogP contribution in [0.15, 0.2) is 152 Å². The summed E-state index contributed by atoms with van der Waals surface area (Å²) in [6.07, 6.45) is 0.564. The van der Waals surface area contributed by atoms with Crippen LogP contribution in [0.1, 0.15) is 28.5 Å². The molecule has 6 aromatic rings. The molecule has 0 amide bonds. The van der Waals surface area contributed by atoms with Gasteiger partial charge in [0.2, 0.25) is 0 Å². The lowest BCUT2D eigenvalue weighted by Crippen LogP contribution is -2.59. The standard InChI is InChI=1S/C41H40N4O5/c1-5-15-31(16-6-1)26-46-30-37-38(47-27-32-17-7-2-8-18-32)39(48-28-33-19-9-3-10-20-33)40(49-29-34-21-11-4-12-22-34)41(50-37)45-25-36(43-44-45)35-23-13-14-24-42-35/h1-25,37-41H,26-30H2/t37-,38+,39+,40-,41-/m1/s1. The summed E-state index contributed by atoms with van der Waals surface area (Å²) in [6.45, 7) is 1.72. The Morgan fingerprint density at radius 2 is 1.02 bits per heavy atom. The van der Waals surface area contributed by atoms with Gasteiger partial charge in [0.15, 0.2) is 6.23 Å². The van der Waals surface area contributed by atoms with E-state index in [1.54, 1.807) is 10.9 Å². The van der Waals surface area contributed by atoms with Crippen molar-refractivity contribution in [3.8, 4) is 11.4 Å². The van der Waals surface area contributed by atoms with Crippen LogP contribution in [-0.2, 0) is 50.1 Å². The van der Waals surface area contributed by atoms with Gasteiger partial charge in [0, 0.05) is 6.20 Å². The minimum absolute atomic E-state index is 0.253. The zero-order valence-corrected chi connectivity index (χ0v) is 27.7. The van der Waals surface area contributed by atoms with Gasteiger partial charge in [-0.25, -0.2) is 4.68 Å². The third-order valence-electron chi connectivity index (χ3n) is 8.56. The molecule has 2 aromatic heterocycles. The van der Waals surface area contributed by atoms with Gasteiger partial charge in [0.25, 0.3) is 0 Å². The molecule has 4 aromatic carbocycles. The monoisotopic (exact) mass is 668 g/mol. The fourth-order valence-electron chi connectivity index (χ4n) is 6.01. The van der Waals surface area contributed by atoms with Crippen LogP contribution in [0.3, 0.4) is 0 Å². The fourth-order valence-corrected chi connectivity index (χ4v) is 6.01. The summed E-state index contributed by atoms with van der Waals surface area (Å²) in [5.41, 5.74) is 5.50. The summed E-state index contributed by atoms with van der Waals surface area (Å²) in [5, 5.41) is 9.01. The molecule has 9 heteroatoms. The second-order valence-corrected chi connectivity index (χ2v) is 12.1. The van der Waals surface area contributed by atoms with Crippen molar-refractivity contribution in [2.24, 2.45) is 0 Å². The Kier molecular flexibility index (Phi) is 11.4. The van der Waals surface area contributed by atoms with E-state index in [1.807, 2.05) is 146 Å². The van der Waals surface area contributed by atoms with E-state index >= 15 is 0 Å². The van der Waals surface area contributed by atoms with Crippen molar-refractivity contribution in [2.75, 3.05) is 6.61 Å². The van der Waals surface area contributed by atoms with Gasteiger partial charge in [-0.1, -0.05) is 133 Å². The highest BCUT2D eigenvalue weighted by Crippen LogP contribution is 2.36. The zero-order valence-electron chi connectivity index (χ0n) is 27.7. The van der Waals surface area contributed by atoms with Crippen molar-refractivity contribution in [1.82, 2.24) is 20.0 Å². The average Bonchev–Trinajstić information content (AvgIpc) is 3.68. The van der Waals surface area contributed by atoms with Crippen molar-refractivity contribution in [3.63, 3.8) is 0 Å². The number of benzene rings is 4. The normalized spacial score (nSPS) is 20.4. The largest absolute Gasteiger partial charge is 0.374 e. The summed E-state index contributed by atoms with van der Waals surface area (Å²) < 4.78 is 35.3. The summed E-state index contributed by atoms with van der Waals surface area (Å²) in [7, 11) is 0. The van der Waals surface area contributed by atoms with E-state index in [4.69, 9.17) is 23.7 Å². The van der Waals surface area contributed by atoms with E-state index in [-0.39, 0.29) is 6.61 Å². The van der Waals surface area contributed by atoms with Gasteiger partial charge in [-0.3, -0.25) is 4.98 Å². The van der Waals surface area contributed by atoms with E-state index in [9.17, 15) is 0 Å². The van der Waals surface area contributed by atoms with Crippen LogP contribution in [0.2, 0.25) is 0 Å². The number of ether oxygens (including phenoxy) is 5. The summed E-state index contributed by atoms with van der Waals surface area (Å²) in [6, 6.07) is 46.1. The molecule has 1 saturated heterocycles. The summed E-state index contributed by atoms with van der Waals surface area (Å²) in [4.78, 5) is 4.48. The summed E-state index contributed by atoms with van der Waals surface area (Å²) in [5.74, 6) is 0. The van der Waals surface area contributed by atoms with Crippen molar-refractivity contribution in [2.45, 2.75) is 57.1 Å². The molecule has 0 saturated carbocycles. The average molecular weight is 669 g/mol. The molecule has 1 aliphatic rings. The second-order valence-electron chi connectivity index (χ2n) is 12.1. The summed E-state index contributed by atoms with van der Waals surface area (Å²) >= 11 is 0. The quantitative estimate of drug-likeness (QED) is 0.113. The Hall–Kier alpha value is -5.03. The molecule has 254 valence electrons. The number of hydrogen-bond acceptors (Lipinski definition) is 8. The molecular formula is C41H40N4O5. The molecule has 0 N–H and O–H groups in total. The highest BCUT2D eigenvalue weighted by atomic mass is 16.6. The van der Waals surface area contributed by atoms with Gasteiger partial charge in [-0.05, 0) is 34.4 Å². The van der Waals surface area contributed by atoms with Gasteiger partial charge in [0.05, 0.1) is 44.9 Å². The highest BCUT2D eigenvalue weighted by Gasteiger charge is 2.49. The predicted molar refractivity (Wildman–Crippen MR) is 188 cm³/mol. The Morgan fingerprint density at radius 1 is 0.520 bits per heavy atom. The third kappa shape index (κ3) is 8.76. The third-order valence-corrected chi connectivity index (χ3v) is 8.56. The number of rotatable bonds is 15. The Bertz CT molecular complexity index is 1850. The van der Waals surface area contributed by atoms with E-state index in [0.717, 1.165) is 22.3 Å². The number of hydrogen-bond donors (Lipinski definition) is 0. The Morgan fingerprint density at radius 3 is 1.56 bits per heavy atom. The van der Waals surface area contributed by atoms with E-state index in [0.29, 0.717) is 37.8 Å². The fraction of sp³-hybridized carbons (Fsp3) is 0.244. The number of aromatic nitrogens is 4. The molecule has 5 atom stereocenters. The molecule has 0 spiro atoms. The van der Waals surface area contributed by atoms with Crippen LogP contribution in [0.4, 0.5) is 0 Å². The lowest BCUT2D eigenvalue weighted by atomic mass is 9.97. The van der Waals surface area contributed by atoms with Gasteiger partial charge < -0.3 is 23.7 Å². The van der Waals surface area contributed by atoms with Gasteiger partial charge in [0.1, 0.15) is 30.1 Å². The van der Waals surface area contributed by atoms with Crippen molar-refractivity contribution < 1.29 is 23.7 Å². The Balaban J connectivity index is 1.24. The van der Waals surface area contributed by atoms with Gasteiger partial charge in [-0.15, -0.1) is 5.10 Å². The molecule has 1 fully saturated rings. The van der Waals surface area contributed by atoms with Crippen LogP contribution in [0.5, 0.6) is 0 Å². The van der Waals surface area contributed by atoms with E-state index < -0.39 is 30.6 Å². The van der Waals surface area contributed by atoms with Gasteiger partial charge >= 0.3 is 0 Å². The molecular weight excluding hydrogens is 628 g/mol.